The summed E-state index contributed by atoms with van der Waals surface area (Å²) in [6.45, 7) is 1.78. The van der Waals surface area contributed by atoms with E-state index in [0.717, 1.165) is 37.1 Å². The highest BCUT2D eigenvalue weighted by atomic mass is 16.3. The van der Waals surface area contributed by atoms with Gasteiger partial charge in [0.2, 0.25) is 0 Å². The minimum absolute atomic E-state index is 0.0260. The van der Waals surface area contributed by atoms with Gasteiger partial charge in [-0.15, -0.1) is 0 Å². The number of likely N-dealkylation sites (tertiary alicyclic amines) is 1. The Hall–Kier alpha value is -1.35. The predicted molar refractivity (Wildman–Crippen MR) is 62.1 cm³/mol. The molecule has 86 valence electrons. The fourth-order valence-electron chi connectivity index (χ4n) is 2.03. The maximum absolute atomic E-state index is 12.1. The Morgan fingerprint density at radius 2 is 1.75 bits per heavy atom. The van der Waals surface area contributed by atoms with Crippen LogP contribution in [-0.4, -0.2) is 29.0 Å². The van der Waals surface area contributed by atoms with Gasteiger partial charge >= 0.3 is 0 Å². The molecule has 2 rings (SSSR count). The van der Waals surface area contributed by atoms with Crippen LogP contribution in [0.2, 0.25) is 0 Å². The molecule has 1 N–H and O–H groups in total. The van der Waals surface area contributed by atoms with Crippen molar-refractivity contribution in [2.45, 2.75) is 25.9 Å². The summed E-state index contributed by atoms with van der Waals surface area (Å²) in [4.78, 5) is 14.0. The molecule has 1 aromatic carbocycles. The van der Waals surface area contributed by atoms with Crippen molar-refractivity contribution in [2.24, 2.45) is 0 Å². The van der Waals surface area contributed by atoms with Crippen LogP contribution in [0.1, 0.15) is 35.2 Å². The monoisotopic (exact) mass is 219 g/mol. The number of amides is 1. The van der Waals surface area contributed by atoms with Gasteiger partial charge in [0.1, 0.15) is 0 Å². The van der Waals surface area contributed by atoms with Crippen LogP contribution in [0.4, 0.5) is 0 Å². The van der Waals surface area contributed by atoms with Crippen molar-refractivity contribution in [2.75, 3.05) is 13.1 Å². The van der Waals surface area contributed by atoms with Crippen molar-refractivity contribution in [1.29, 1.82) is 0 Å². The number of carbonyl (C=O) groups is 1. The Kier molecular flexibility index (Phi) is 3.57. The molecule has 0 saturated carbocycles. The smallest absolute Gasteiger partial charge is 0.253 e. The second kappa shape index (κ2) is 5.12. The van der Waals surface area contributed by atoms with Crippen LogP contribution in [0.5, 0.6) is 0 Å². The summed E-state index contributed by atoms with van der Waals surface area (Å²) in [5, 5.41) is 8.92. The highest BCUT2D eigenvalue weighted by Gasteiger charge is 2.17. The van der Waals surface area contributed by atoms with Crippen molar-refractivity contribution in [3.05, 3.63) is 35.4 Å². The maximum Gasteiger partial charge on any atom is 0.253 e. The Bertz CT molecular complexity index is 353. The molecule has 16 heavy (non-hydrogen) atoms. The fraction of sp³-hybridized carbons (Fsp3) is 0.462. The standard InChI is InChI=1S/C13H17NO2/c15-10-11-4-6-12(7-5-11)13(16)14-8-2-1-3-9-14/h4-7,15H,1-3,8-10H2. The van der Waals surface area contributed by atoms with Gasteiger partial charge in [0, 0.05) is 18.7 Å². The molecular weight excluding hydrogens is 202 g/mol. The number of aliphatic hydroxyl groups is 1. The molecule has 1 aromatic rings. The van der Waals surface area contributed by atoms with Crippen LogP contribution in [0.15, 0.2) is 24.3 Å². The third-order valence-electron chi connectivity index (χ3n) is 3.03. The van der Waals surface area contributed by atoms with E-state index < -0.39 is 0 Å². The largest absolute Gasteiger partial charge is 0.392 e. The third kappa shape index (κ3) is 2.42. The van der Waals surface area contributed by atoms with Crippen molar-refractivity contribution in [3.8, 4) is 0 Å². The average molecular weight is 219 g/mol. The lowest BCUT2D eigenvalue weighted by Crippen LogP contribution is -2.35. The molecule has 1 saturated heterocycles. The van der Waals surface area contributed by atoms with Gasteiger partial charge in [0.05, 0.1) is 6.61 Å². The summed E-state index contributed by atoms with van der Waals surface area (Å²) in [5.74, 6) is 0.115. The molecule has 1 amide bonds. The molecule has 0 spiro atoms. The van der Waals surface area contributed by atoms with Crippen molar-refractivity contribution >= 4 is 5.91 Å². The average Bonchev–Trinajstić information content (AvgIpc) is 2.39. The van der Waals surface area contributed by atoms with E-state index in [1.165, 1.54) is 6.42 Å². The summed E-state index contributed by atoms with van der Waals surface area (Å²) in [6, 6.07) is 7.19. The lowest BCUT2D eigenvalue weighted by atomic mass is 10.1. The maximum atomic E-state index is 12.1. The van der Waals surface area contributed by atoms with E-state index in [-0.39, 0.29) is 12.5 Å². The zero-order chi connectivity index (χ0) is 11.4. The number of piperidine rings is 1. The van der Waals surface area contributed by atoms with Crippen LogP contribution in [-0.2, 0) is 6.61 Å². The first-order chi connectivity index (χ1) is 7.81. The molecule has 0 atom stereocenters. The fourth-order valence-corrected chi connectivity index (χ4v) is 2.03. The van der Waals surface area contributed by atoms with Gasteiger partial charge in [-0.05, 0) is 37.0 Å². The molecule has 1 heterocycles. The van der Waals surface area contributed by atoms with Gasteiger partial charge in [0.25, 0.3) is 5.91 Å². The molecule has 0 bridgehead atoms. The Labute approximate surface area is 95.7 Å². The molecule has 1 aliphatic heterocycles. The van der Waals surface area contributed by atoms with Crippen LogP contribution in [0.25, 0.3) is 0 Å². The number of hydrogen-bond donors (Lipinski definition) is 1. The van der Waals surface area contributed by atoms with E-state index >= 15 is 0 Å². The zero-order valence-electron chi connectivity index (χ0n) is 9.35. The number of rotatable bonds is 2. The van der Waals surface area contributed by atoms with Gasteiger partial charge in [-0.25, -0.2) is 0 Å². The highest BCUT2D eigenvalue weighted by Crippen LogP contribution is 2.13. The number of benzene rings is 1. The van der Waals surface area contributed by atoms with E-state index in [1.54, 1.807) is 24.3 Å². The van der Waals surface area contributed by atoms with Crippen LogP contribution in [0, 0.1) is 0 Å². The third-order valence-corrected chi connectivity index (χ3v) is 3.03. The molecule has 0 aromatic heterocycles. The highest BCUT2D eigenvalue weighted by molar-refractivity contribution is 5.94. The summed E-state index contributed by atoms with van der Waals surface area (Å²) < 4.78 is 0. The SMILES string of the molecule is O=C(c1ccc(CO)cc1)N1CCCCC1. The second-order valence-corrected chi connectivity index (χ2v) is 4.21. The first kappa shape index (κ1) is 11.1. The first-order valence-electron chi connectivity index (χ1n) is 5.80. The summed E-state index contributed by atoms with van der Waals surface area (Å²) in [5.41, 5.74) is 1.56. The van der Waals surface area contributed by atoms with E-state index in [2.05, 4.69) is 0 Å². The molecule has 0 unspecified atom stereocenters. The molecule has 3 nitrogen and oxygen atoms in total. The Morgan fingerprint density at radius 3 is 2.31 bits per heavy atom. The lowest BCUT2D eigenvalue weighted by Gasteiger charge is -2.26. The number of hydrogen-bond acceptors (Lipinski definition) is 2. The topological polar surface area (TPSA) is 40.5 Å². The van der Waals surface area contributed by atoms with Crippen LogP contribution >= 0.6 is 0 Å². The van der Waals surface area contributed by atoms with E-state index in [9.17, 15) is 4.79 Å². The van der Waals surface area contributed by atoms with Gasteiger partial charge in [0.15, 0.2) is 0 Å². The first-order valence-corrected chi connectivity index (χ1v) is 5.80. The summed E-state index contributed by atoms with van der Waals surface area (Å²) >= 11 is 0. The molecule has 0 aliphatic carbocycles. The summed E-state index contributed by atoms with van der Waals surface area (Å²) in [7, 11) is 0. The van der Waals surface area contributed by atoms with Gasteiger partial charge < -0.3 is 10.0 Å². The van der Waals surface area contributed by atoms with Gasteiger partial charge in [-0.3, -0.25) is 4.79 Å². The van der Waals surface area contributed by atoms with Crippen LogP contribution < -0.4 is 0 Å². The number of aliphatic hydroxyl groups excluding tert-OH is 1. The normalized spacial score (nSPS) is 16.2. The predicted octanol–water partition coefficient (Wildman–Crippen LogP) is 1.80. The van der Waals surface area contributed by atoms with Gasteiger partial charge in [-0.2, -0.15) is 0 Å². The Morgan fingerprint density at radius 1 is 1.12 bits per heavy atom. The Balaban J connectivity index is 2.07. The number of carbonyl (C=O) groups excluding carboxylic acids is 1. The quantitative estimate of drug-likeness (QED) is 0.824. The molecule has 3 heteroatoms. The van der Waals surface area contributed by atoms with E-state index in [4.69, 9.17) is 5.11 Å². The minimum atomic E-state index is 0.0260. The number of nitrogens with zero attached hydrogens (tertiary/aromatic N) is 1. The molecule has 1 aliphatic rings. The van der Waals surface area contributed by atoms with Crippen LogP contribution in [0.3, 0.4) is 0 Å². The van der Waals surface area contributed by atoms with Crippen molar-refractivity contribution < 1.29 is 9.90 Å². The second-order valence-electron chi connectivity index (χ2n) is 4.21. The lowest BCUT2D eigenvalue weighted by molar-refractivity contribution is 0.0724. The van der Waals surface area contributed by atoms with E-state index in [1.807, 2.05) is 4.90 Å². The molecular formula is C13H17NO2. The summed E-state index contributed by atoms with van der Waals surface area (Å²) in [6.07, 6.45) is 3.45. The molecule has 1 fully saturated rings. The molecule has 0 radical (unpaired) electrons. The van der Waals surface area contributed by atoms with Crippen molar-refractivity contribution in [3.63, 3.8) is 0 Å². The van der Waals surface area contributed by atoms with Crippen molar-refractivity contribution in [1.82, 2.24) is 4.90 Å². The van der Waals surface area contributed by atoms with Gasteiger partial charge in [-0.1, -0.05) is 12.1 Å². The minimum Gasteiger partial charge on any atom is -0.392 e. The van der Waals surface area contributed by atoms with E-state index in [0.29, 0.717) is 0 Å². The zero-order valence-corrected chi connectivity index (χ0v) is 9.35.